The largest absolute Gasteiger partial charge is 0.483 e. The summed E-state index contributed by atoms with van der Waals surface area (Å²) in [6, 6.07) is 6.93. The first-order valence-electron chi connectivity index (χ1n) is 8.30. The summed E-state index contributed by atoms with van der Waals surface area (Å²) in [6.45, 7) is 1.84. The van der Waals surface area contributed by atoms with Gasteiger partial charge in [-0.05, 0) is 18.9 Å². The van der Waals surface area contributed by atoms with Gasteiger partial charge in [0.1, 0.15) is 5.75 Å². The Kier molecular flexibility index (Phi) is 6.01. The number of nitrogens with zero attached hydrogens (tertiary/aromatic N) is 1. The lowest BCUT2D eigenvalue weighted by Gasteiger charge is -2.21. The van der Waals surface area contributed by atoms with E-state index in [4.69, 9.17) is 9.84 Å². The molecule has 1 aromatic carbocycles. The fourth-order valence-electron chi connectivity index (χ4n) is 2.60. The van der Waals surface area contributed by atoms with E-state index in [1.807, 2.05) is 19.1 Å². The molecule has 0 heterocycles. The van der Waals surface area contributed by atoms with Crippen molar-refractivity contribution < 1.29 is 24.2 Å². The Morgan fingerprint density at radius 1 is 1.28 bits per heavy atom. The average molecular weight is 348 g/mol. The highest BCUT2D eigenvalue weighted by Gasteiger charge is 2.48. The van der Waals surface area contributed by atoms with E-state index in [1.54, 1.807) is 26.2 Å². The predicted molar refractivity (Wildman–Crippen MR) is 91.0 cm³/mol. The molecule has 1 fully saturated rings. The Labute approximate surface area is 147 Å². The Morgan fingerprint density at radius 3 is 2.52 bits per heavy atom. The SMILES string of the molecule is CCC(NC(=O)C1CC1C(=O)O)c1ccccc1OCC(=O)N(C)C. The molecular formula is C18H24N2O5. The van der Waals surface area contributed by atoms with Gasteiger partial charge in [0, 0.05) is 19.7 Å². The third kappa shape index (κ3) is 4.71. The molecule has 0 aliphatic heterocycles. The van der Waals surface area contributed by atoms with Crippen LogP contribution in [0.25, 0.3) is 0 Å². The van der Waals surface area contributed by atoms with Gasteiger partial charge in [-0.3, -0.25) is 14.4 Å². The number of likely N-dealkylation sites (N-methyl/N-ethyl adjacent to an activating group) is 1. The van der Waals surface area contributed by atoms with Crippen LogP contribution in [0.4, 0.5) is 0 Å². The highest BCUT2D eigenvalue weighted by Crippen LogP contribution is 2.39. The molecule has 3 unspecified atom stereocenters. The highest BCUT2D eigenvalue weighted by molar-refractivity contribution is 5.89. The Bertz CT molecular complexity index is 659. The molecule has 2 N–H and O–H groups in total. The molecule has 1 aromatic rings. The fraction of sp³-hybridized carbons (Fsp3) is 0.500. The van der Waals surface area contributed by atoms with Gasteiger partial charge in [-0.1, -0.05) is 25.1 Å². The number of benzene rings is 1. The van der Waals surface area contributed by atoms with Crippen LogP contribution in [0, 0.1) is 11.8 Å². The Balaban J connectivity index is 2.06. The van der Waals surface area contributed by atoms with Crippen LogP contribution < -0.4 is 10.1 Å². The molecule has 0 bridgehead atoms. The summed E-state index contributed by atoms with van der Waals surface area (Å²) in [5, 5.41) is 11.9. The number of hydrogen-bond donors (Lipinski definition) is 2. The minimum Gasteiger partial charge on any atom is -0.483 e. The zero-order valence-electron chi connectivity index (χ0n) is 14.7. The molecule has 2 rings (SSSR count). The molecule has 136 valence electrons. The number of rotatable bonds is 8. The number of nitrogens with one attached hydrogen (secondary N) is 1. The van der Waals surface area contributed by atoms with Crippen molar-refractivity contribution in [2.24, 2.45) is 11.8 Å². The van der Waals surface area contributed by atoms with Crippen molar-refractivity contribution in [1.82, 2.24) is 10.2 Å². The summed E-state index contributed by atoms with van der Waals surface area (Å²) in [4.78, 5) is 36.3. The van der Waals surface area contributed by atoms with Crippen molar-refractivity contribution in [3.8, 4) is 5.75 Å². The van der Waals surface area contributed by atoms with E-state index >= 15 is 0 Å². The van der Waals surface area contributed by atoms with Gasteiger partial charge in [0.2, 0.25) is 5.91 Å². The zero-order chi connectivity index (χ0) is 18.6. The highest BCUT2D eigenvalue weighted by atomic mass is 16.5. The van der Waals surface area contributed by atoms with Crippen molar-refractivity contribution in [2.45, 2.75) is 25.8 Å². The van der Waals surface area contributed by atoms with Gasteiger partial charge in [0.15, 0.2) is 6.61 Å². The van der Waals surface area contributed by atoms with Crippen molar-refractivity contribution >= 4 is 17.8 Å². The fourth-order valence-corrected chi connectivity index (χ4v) is 2.60. The molecule has 1 aliphatic rings. The number of carboxylic acids is 1. The molecule has 0 radical (unpaired) electrons. The molecule has 0 aromatic heterocycles. The third-order valence-corrected chi connectivity index (χ3v) is 4.31. The van der Waals surface area contributed by atoms with Crippen LogP contribution in [-0.2, 0) is 14.4 Å². The molecule has 7 nitrogen and oxygen atoms in total. The van der Waals surface area contributed by atoms with Crippen LogP contribution in [0.5, 0.6) is 5.75 Å². The topological polar surface area (TPSA) is 95.9 Å². The normalized spacial score (nSPS) is 19.6. The van der Waals surface area contributed by atoms with E-state index in [-0.39, 0.29) is 24.5 Å². The molecule has 7 heteroatoms. The van der Waals surface area contributed by atoms with Gasteiger partial charge in [-0.15, -0.1) is 0 Å². The monoisotopic (exact) mass is 348 g/mol. The molecule has 25 heavy (non-hydrogen) atoms. The van der Waals surface area contributed by atoms with E-state index in [0.717, 1.165) is 5.56 Å². The first-order chi connectivity index (χ1) is 11.8. The number of para-hydroxylation sites is 1. The van der Waals surface area contributed by atoms with Gasteiger partial charge < -0.3 is 20.1 Å². The molecule has 0 spiro atoms. The van der Waals surface area contributed by atoms with Crippen LogP contribution in [0.3, 0.4) is 0 Å². The second-order valence-corrected chi connectivity index (χ2v) is 6.37. The summed E-state index contributed by atoms with van der Waals surface area (Å²) >= 11 is 0. The van der Waals surface area contributed by atoms with Gasteiger partial charge in [-0.25, -0.2) is 0 Å². The van der Waals surface area contributed by atoms with Crippen molar-refractivity contribution in [3.63, 3.8) is 0 Å². The minimum absolute atomic E-state index is 0.0852. The van der Waals surface area contributed by atoms with Crippen LogP contribution >= 0.6 is 0 Å². The molecule has 2 amide bonds. The number of carbonyl (C=O) groups is 3. The standard InChI is InChI=1S/C18H24N2O5/c1-4-14(19-17(22)12-9-13(12)18(23)24)11-7-5-6-8-15(11)25-10-16(21)20(2)3/h5-8,12-14H,4,9-10H2,1-3H3,(H,19,22)(H,23,24). The molecule has 0 saturated heterocycles. The van der Waals surface area contributed by atoms with Crippen LogP contribution in [-0.4, -0.2) is 48.5 Å². The maximum Gasteiger partial charge on any atom is 0.307 e. The number of amides is 2. The summed E-state index contributed by atoms with van der Waals surface area (Å²) in [7, 11) is 3.31. The predicted octanol–water partition coefficient (Wildman–Crippen LogP) is 1.44. The summed E-state index contributed by atoms with van der Waals surface area (Å²) in [5.41, 5.74) is 0.775. The van der Waals surface area contributed by atoms with Crippen molar-refractivity contribution in [1.29, 1.82) is 0 Å². The number of carbonyl (C=O) groups excluding carboxylic acids is 2. The number of hydrogen-bond acceptors (Lipinski definition) is 4. The van der Waals surface area contributed by atoms with E-state index < -0.39 is 17.8 Å². The van der Waals surface area contributed by atoms with Gasteiger partial charge in [0.25, 0.3) is 5.91 Å². The summed E-state index contributed by atoms with van der Waals surface area (Å²) in [5.74, 6) is -1.85. The lowest BCUT2D eigenvalue weighted by Crippen LogP contribution is -2.31. The first kappa shape index (κ1) is 18.8. The van der Waals surface area contributed by atoms with E-state index in [0.29, 0.717) is 18.6 Å². The second kappa shape index (κ2) is 8.00. The van der Waals surface area contributed by atoms with Crippen LogP contribution in [0.2, 0.25) is 0 Å². The minimum atomic E-state index is -0.931. The first-order valence-corrected chi connectivity index (χ1v) is 8.30. The number of carboxylic acid groups (broad SMARTS) is 1. The molecule has 1 saturated carbocycles. The van der Waals surface area contributed by atoms with Gasteiger partial charge in [0.05, 0.1) is 17.9 Å². The van der Waals surface area contributed by atoms with E-state index in [9.17, 15) is 14.4 Å². The van der Waals surface area contributed by atoms with E-state index in [1.165, 1.54) is 4.90 Å². The molecule has 1 aliphatic carbocycles. The number of aliphatic carboxylic acids is 1. The second-order valence-electron chi connectivity index (χ2n) is 6.37. The third-order valence-electron chi connectivity index (χ3n) is 4.31. The zero-order valence-corrected chi connectivity index (χ0v) is 14.7. The molecular weight excluding hydrogens is 324 g/mol. The van der Waals surface area contributed by atoms with Gasteiger partial charge in [-0.2, -0.15) is 0 Å². The quantitative estimate of drug-likeness (QED) is 0.741. The van der Waals surface area contributed by atoms with Crippen molar-refractivity contribution in [3.05, 3.63) is 29.8 Å². The van der Waals surface area contributed by atoms with E-state index in [2.05, 4.69) is 5.32 Å². The maximum absolute atomic E-state index is 12.3. The number of ether oxygens (including phenoxy) is 1. The van der Waals surface area contributed by atoms with Crippen molar-refractivity contribution in [2.75, 3.05) is 20.7 Å². The Hall–Kier alpha value is -2.57. The lowest BCUT2D eigenvalue weighted by atomic mass is 10.0. The summed E-state index contributed by atoms with van der Waals surface area (Å²) < 4.78 is 5.62. The molecule has 3 atom stereocenters. The average Bonchev–Trinajstić information content (AvgIpc) is 3.38. The van der Waals surface area contributed by atoms with Crippen LogP contribution in [0.15, 0.2) is 24.3 Å². The maximum atomic E-state index is 12.3. The van der Waals surface area contributed by atoms with Crippen LogP contribution in [0.1, 0.15) is 31.4 Å². The summed E-state index contributed by atoms with van der Waals surface area (Å²) in [6.07, 6.45) is 1.01. The smallest absolute Gasteiger partial charge is 0.307 e. The van der Waals surface area contributed by atoms with Gasteiger partial charge >= 0.3 is 5.97 Å². The lowest BCUT2D eigenvalue weighted by molar-refractivity contribution is -0.140. The Morgan fingerprint density at radius 2 is 1.96 bits per heavy atom.